The first-order chi connectivity index (χ1) is 25.8. The summed E-state index contributed by atoms with van der Waals surface area (Å²) >= 11 is 1.88. The van der Waals surface area contributed by atoms with Crippen molar-refractivity contribution >= 4 is 70.1 Å². The first kappa shape index (κ1) is 30.4. The second-order valence-electron chi connectivity index (χ2n) is 13.3. The van der Waals surface area contributed by atoms with E-state index in [2.05, 4.69) is 205 Å². The van der Waals surface area contributed by atoms with E-state index in [0.29, 0.717) is 0 Å². The normalized spacial score (nSPS) is 11.5. The zero-order valence-electron chi connectivity index (χ0n) is 28.4. The zero-order chi connectivity index (χ0) is 34.4. The molecule has 52 heavy (non-hydrogen) atoms. The van der Waals surface area contributed by atoms with Crippen molar-refractivity contribution in [2.75, 3.05) is 4.90 Å². The smallest absolute Gasteiger partial charge is 0.0540 e. The Balaban J connectivity index is 1.12. The van der Waals surface area contributed by atoms with Crippen molar-refractivity contribution in [3.8, 4) is 33.4 Å². The van der Waals surface area contributed by atoms with Crippen molar-refractivity contribution < 1.29 is 0 Å². The minimum absolute atomic E-state index is 1.11. The fourth-order valence-electron chi connectivity index (χ4n) is 7.75. The zero-order valence-corrected chi connectivity index (χ0v) is 29.2. The predicted molar refractivity (Wildman–Crippen MR) is 225 cm³/mol. The lowest BCUT2D eigenvalue weighted by molar-refractivity contribution is 1.30. The highest BCUT2D eigenvalue weighted by Gasteiger charge is 2.19. The Hall–Kier alpha value is -6.48. The number of hydrogen-bond donors (Lipinski definition) is 0. The second kappa shape index (κ2) is 12.7. The third-order valence-corrected chi connectivity index (χ3v) is 11.4. The molecule has 0 unspecified atom stereocenters. The van der Waals surface area contributed by atoms with Crippen LogP contribution in [-0.4, -0.2) is 0 Å². The molecule has 0 radical (unpaired) electrons. The van der Waals surface area contributed by atoms with Gasteiger partial charge in [-0.05, 0) is 98.1 Å². The van der Waals surface area contributed by atoms with Gasteiger partial charge < -0.3 is 4.90 Å². The van der Waals surface area contributed by atoms with Gasteiger partial charge in [0.05, 0.1) is 5.69 Å². The van der Waals surface area contributed by atoms with E-state index >= 15 is 0 Å². The fraction of sp³-hybridized carbons (Fsp3) is 0. The van der Waals surface area contributed by atoms with Gasteiger partial charge in [-0.15, -0.1) is 11.3 Å². The lowest BCUT2D eigenvalue weighted by Gasteiger charge is -2.28. The van der Waals surface area contributed by atoms with Crippen LogP contribution in [0, 0.1) is 0 Å². The van der Waals surface area contributed by atoms with Gasteiger partial charge in [0.25, 0.3) is 0 Å². The number of anilines is 3. The molecule has 0 aliphatic heterocycles. The molecule has 0 aliphatic rings. The molecule has 0 saturated heterocycles. The van der Waals surface area contributed by atoms with Crippen LogP contribution in [0.25, 0.3) is 75.1 Å². The van der Waals surface area contributed by atoms with Crippen LogP contribution < -0.4 is 4.90 Å². The molecule has 1 nitrogen and oxygen atoms in total. The SMILES string of the molecule is c1ccc(-c2ccc(N(c3ccc(-c4cccc5sc6cc7ccccc7cc6c45)cc3)c3ccc(-c4ccccc4)c4ccccc34)cc2)cc1. The van der Waals surface area contributed by atoms with Gasteiger partial charge >= 0.3 is 0 Å². The molecule has 10 rings (SSSR count). The minimum Gasteiger partial charge on any atom is -0.310 e. The molecule has 10 aromatic rings. The molecular formula is C50H33NS. The maximum atomic E-state index is 2.41. The molecule has 0 atom stereocenters. The van der Waals surface area contributed by atoms with Gasteiger partial charge in [0.2, 0.25) is 0 Å². The van der Waals surface area contributed by atoms with Crippen molar-refractivity contribution in [1.29, 1.82) is 0 Å². The molecular weight excluding hydrogens is 647 g/mol. The topological polar surface area (TPSA) is 3.24 Å². The van der Waals surface area contributed by atoms with E-state index in [1.807, 2.05) is 11.3 Å². The minimum atomic E-state index is 1.11. The van der Waals surface area contributed by atoms with Crippen LogP contribution in [0.3, 0.4) is 0 Å². The molecule has 2 heteroatoms. The Morgan fingerprint density at radius 1 is 0.327 bits per heavy atom. The Morgan fingerprint density at radius 2 is 0.885 bits per heavy atom. The lowest BCUT2D eigenvalue weighted by atomic mass is 9.96. The molecule has 0 spiro atoms. The number of rotatable bonds is 6. The summed E-state index contributed by atoms with van der Waals surface area (Å²) in [7, 11) is 0. The molecule has 9 aromatic carbocycles. The van der Waals surface area contributed by atoms with E-state index in [-0.39, 0.29) is 0 Å². The quantitative estimate of drug-likeness (QED) is 0.169. The maximum Gasteiger partial charge on any atom is 0.0540 e. The highest BCUT2D eigenvalue weighted by molar-refractivity contribution is 7.26. The second-order valence-corrected chi connectivity index (χ2v) is 14.4. The first-order valence-corrected chi connectivity index (χ1v) is 18.6. The Bertz CT molecular complexity index is 2870. The van der Waals surface area contributed by atoms with E-state index < -0.39 is 0 Å². The molecule has 1 aromatic heterocycles. The Kier molecular flexibility index (Phi) is 7.41. The number of benzene rings is 9. The average molecular weight is 680 g/mol. The fourth-order valence-corrected chi connectivity index (χ4v) is 8.91. The average Bonchev–Trinajstić information content (AvgIpc) is 3.59. The summed E-state index contributed by atoms with van der Waals surface area (Å²) in [4.78, 5) is 2.41. The summed E-state index contributed by atoms with van der Waals surface area (Å²) < 4.78 is 2.64. The number of nitrogens with zero attached hydrogens (tertiary/aromatic N) is 1. The van der Waals surface area contributed by atoms with E-state index in [1.165, 1.54) is 75.1 Å². The monoisotopic (exact) mass is 679 g/mol. The van der Waals surface area contributed by atoms with Crippen LogP contribution in [-0.2, 0) is 0 Å². The lowest BCUT2D eigenvalue weighted by Crippen LogP contribution is -2.10. The predicted octanol–water partition coefficient (Wildman–Crippen LogP) is 14.8. The number of fused-ring (bicyclic) bond motifs is 5. The number of hydrogen-bond acceptors (Lipinski definition) is 2. The van der Waals surface area contributed by atoms with Crippen LogP contribution in [0.5, 0.6) is 0 Å². The van der Waals surface area contributed by atoms with E-state index in [4.69, 9.17) is 0 Å². The third kappa shape index (κ3) is 5.24. The largest absolute Gasteiger partial charge is 0.310 e. The number of thiophene rings is 1. The summed E-state index contributed by atoms with van der Waals surface area (Å²) in [6.07, 6.45) is 0. The van der Waals surface area contributed by atoms with E-state index in [1.54, 1.807) is 0 Å². The van der Waals surface area contributed by atoms with Crippen LogP contribution in [0.2, 0.25) is 0 Å². The first-order valence-electron chi connectivity index (χ1n) is 17.8. The van der Waals surface area contributed by atoms with Crippen molar-refractivity contribution in [1.82, 2.24) is 0 Å². The van der Waals surface area contributed by atoms with Gasteiger partial charge in [0, 0.05) is 36.9 Å². The Morgan fingerprint density at radius 3 is 1.60 bits per heavy atom. The molecule has 0 N–H and O–H groups in total. The summed E-state index contributed by atoms with van der Waals surface area (Å²) in [5, 5.41) is 7.66. The van der Waals surface area contributed by atoms with Gasteiger partial charge in [-0.2, -0.15) is 0 Å². The Labute approximate surface area is 307 Å². The molecule has 0 amide bonds. The van der Waals surface area contributed by atoms with E-state index in [0.717, 1.165) is 17.1 Å². The van der Waals surface area contributed by atoms with Crippen LogP contribution in [0.1, 0.15) is 0 Å². The molecule has 0 bridgehead atoms. The van der Waals surface area contributed by atoms with Crippen molar-refractivity contribution in [3.63, 3.8) is 0 Å². The van der Waals surface area contributed by atoms with Crippen molar-refractivity contribution in [2.24, 2.45) is 0 Å². The van der Waals surface area contributed by atoms with Crippen LogP contribution >= 0.6 is 11.3 Å². The highest BCUT2D eigenvalue weighted by atomic mass is 32.1. The van der Waals surface area contributed by atoms with Gasteiger partial charge in [-0.3, -0.25) is 0 Å². The standard InChI is InChI=1S/C50H33NS/c1-3-12-34(13-4-1)35-22-26-40(27-23-35)51(47-31-30-42(36-14-5-2-6-15-36)44-18-9-10-19-45(44)47)41-28-24-37(25-29-41)43-20-11-21-48-50(43)46-32-38-16-7-8-17-39(38)33-49(46)52-48/h1-33H. The van der Waals surface area contributed by atoms with Crippen molar-refractivity contribution in [3.05, 3.63) is 200 Å². The molecule has 0 fully saturated rings. The van der Waals surface area contributed by atoms with Gasteiger partial charge in [0.1, 0.15) is 0 Å². The van der Waals surface area contributed by atoms with Crippen molar-refractivity contribution in [2.45, 2.75) is 0 Å². The van der Waals surface area contributed by atoms with Gasteiger partial charge in [-0.25, -0.2) is 0 Å². The van der Waals surface area contributed by atoms with Crippen LogP contribution in [0.15, 0.2) is 200 Å². The molecule has 0 aliphatic carbocycles. The van der Waals surface area contributed by atoms with Gasteiger partial charge in [-0.1, -0.05) is 152 Å². The summed E-state index contributed by atoms with van der Waals surface area (Å²) in [5.41, 5.74) is 10.7. The summed E-state index contributed by atoms with van der Waals surface area (Å²) in [5.74, 6) is 0. The highest BCUT2D eigenvalue weighted by Crippen LogP contribution is 2.45. The maximum absolute atomic E-state index is 2.41. The van der Waals surface area contributed by atoms with Gasteiger partial charge in [0.15, 0.2) is 0 Å². The molecule has 244 valence electrons. The van der Waals surface area contributed by atoms with E-state index in [9.17, 15) is 0 Å². The summed E-state index contributed by atoms with van der Waals surface area (Å²) in [6.45, 7) is 0. The summed E-state index contributed by atoms with van der Waals surface area (Å²) in [6, 6.07) is 72.9. The molecule has 0 saturated carbocycles. The third-order valence-electron chi connectivity index (χ3n) is 10.3. The molecule has 1 heterocycles. The van der Waals surface area contributed by atoms with Crippen LogP contribution in [0.4, 0.5) is 17.1 Å².